The van der Waals surface area contributed by atoms with E-state index in [-0.39, 0.29) is 55.3 Å². The van der Waals surface area contributed by atoms with Crippen LogP contribution in [0, 0.1) is 17.8 Å². The zero-order valence-corrected chi connectivity index (χ0v) is 29.6. The number of esters is 1. The molecule has 0 bridgehead atoms. The molecule has 4 aliphatic heterocycles. The zero-order valence-electron chi connectivity index (χ0n) is 29.6. The van der Waals surface area contributed by atoms with Crippen LogP contribution in [0.25, 0.3) is 0 Å². The molecule has 10 atom stereocenters. The van der Waals surface area contributed by atoms with Gasteiger partial charge in [0.15, 0.2) is 6.10 Å². The smallest absolute Gasteiger partial charge is 0.410 e. The lowest BCUT2D eigenvalue weighted by Gasteiger charge is -2.42. The first-order valence-corrected chi connectivity index (χ1v) is 18.0. The van der Waals surface area contributed by atoms with Crippen molar-refractivity contribution in [1.82, 2.24) is 4.90 Å². The van der Waals surface area contributed by atoms with Crippen LogP contribution in [-0.4, -0.2) is 118 Å². The van der Waals surface area contributed by atoms with Gasteiger partial charge in [0.05, 0.1) is 70.1 Å². The molecule has 0 aromatic rings. The Kier molecular flexibility index (Phi) is 13.1. The predicted octanol–water partition coefficient (Wildman–Crippen LogP) is 4.52. The maximum absolute atomic E-state index is 13.3. The number of aliphatic hydroxyl groups is 3. The molecule has 4 aliphatic rings. The number of nitrogens with zero attached hydrogens (tertiary/aromatic N) is 2. The third-order valence-electron chi connectivity index (χ3n) is 11.0. The van der Waals surface area contributed by atoms with Crippen molar-refractivity contribution in [3.8, 4) is 0 Å². The number of hydrogen-bond acceptors (Lipinski definition) is 8. The summed E-state index contributed by atoms with van der Waals surface area (Å²) >= 11 is 0. The molecule has 0 aliphatic carbocycles. The Morgan fingerprint density at radius 1 is 1.19 bits per heavy atom. The highest BCUT2D eigenvalue weighted by atomic mass is 16.6. The molecule has 0 radical (unpaired) electrons. The highest BCUT2D eigenvalue weighted by molar-refractivity contribution is 5.70. The largest absolute Gasteiger partial charge is 0.457 e. The summed E-state index contributed by atoms with van der Waals surface area (Å²) in [7, 11) is 0. The number of carbonyl (C=O) groups is 2. The Balaban J connectivity index is 1.42. The fraction of sp³-hybridized carbons (Fsp3) is 0.784. The summed E-state index contributed by atoms with van der Waals surface area (Å²) in [5, 5.41) is 32.3. The predicted molar refractivity (Wildman–Crippen MR) is 180 cm³/mol. The second-order valence-electron chi connectivity index (χ2n) is 15.1. The molecular weight excluding hydrogens is 600 g/mol. The number of quaternary nitrogens is 1. The van der Waals surface area contributed by atoms with Crippen molar-refractivity contribution in [3.63, 3.8) is 0 Å². The summed E-state index contributed by atoms with van der Waals surface area (Å²) in [6.45, 7) is 17.1. The van der Waals surface area contributed by atoms with Crippen LogP contribution in [0.5, 0.6) is 0 Å². The number of carbonyl (C=O) groups excluding carboxylic acids is 2. The first-order valence-electron chi connectivity index (χ1n) is 18.0. The van der Waals surface area contributed by atoms with Crippen molar-refractivity contribution in [2.45, 2.75) is 129 Å². The molecule has 10 nitrogen and oxygen atoms in total. The summed E-state index contributed by atoms with van der Waals surface area (Å²) in [4.78, 5) is 27.9. The number of piperazine rings is 1. The van der Waals surface area contributed by atoms with E-state index in [0.717, 1.165) is 36.0 Å². The summed E-state index contributed by atoms with van der Waals surface area (Å²) in [6.07, 6.45) is 10.7. The lowest BCUT2D eigenvalue weighted by atomic mass is 9.88. The number of aliphatic hydroxyl groups excluding tert-OH is 2. The molecule has 3 saturated heterocycles. The fourth-order valence-electron chi connectivity index (χ4n) is 7.50. The van der Waals surface area contributed by atoms with Gasteiger partial charge < -0.3 is 34.0 Å². The zero-order chi connectivity index (χ0) is 34.4. The number of epoxide rings is 1. The van der Waals surface area contributed by atoms with Crippen molar-refractivity contribution in [1.29, 1.82) is 0 Å². The number of hydrogen-bond donors (Lipinski definition) is 3. The van der Waals surface area contributed by atoms with Crippen molar-refractivity contribution in [2.24, 2.45) is 17.8 Å². The second-order valence-corrected chi connectivity index (χ2v) is 15.1. The van der Waals surface area contributed by atoms with E-state index in [2.05, 4.69) is 13.0 Å². The van der Waals surface area contributed by atoms with Crippen LogP contribution in [0.15, 0.2) is 36.0 Å². The van der Waals surface area contributed by atoms with Crippen LogP contribution < -0.4 is 0 Å². The fourth-order valence-corrected chi connectivity index (χ4v) is 7.50. The van der Waals surface area contributed by atoms with Gasteiger partial charge in [-0.3, -0.25) is 9.69 Å². The Labute approximate surface area is 282 Å². The number of amides is 1. The van der Waals surface area contributed by atoms with Gasteiger partial charge in [0.25, 0.3) is 0 Å². The second kappa shape index (κ2) is 16.4. The van der Waals surface area contributed by atoms with Crippen LogP contribution in [0.2, 0.25) is 0 Å². The van der Waals surface area contributed by atoms with Gasteiger partial charge in [0.2, 0.25) is 0 Å². The average Bonchev–Trinajstić information content (AvgIpc) is 3.65. The first-order chi connectivity index (χ1) is 22.2. The topological polar surface area (TPSA) is 129 Å². The Bertz CT molecular complexity index is 1140. The number of cyclic esters (lactones) is 1. The summed E-state index contributed by atoms with van der Waals surface area (Å²) in [6, 6.07) is 0. The van der Waals surface area contributed by atoms with E-state index in [4.69, 9.17) is 14.2 Å². The lowest BCUT2D eigenvalue weighted by molar-refractivity contribution is -0.920. The molecule has 47 heavy (non-hydrogen) atoms. The monoisotopic (exact) mass is 661 g/mol. The molecule has 3 N–H and O–H groups in total. The van der Waals surface area contributed by atoms with Gasteiger partial charge in [-0.2, -0.15) is 0 Å². The maximum Gasteiger partial charge on any atom is 0.410 e. The van der Waals surface area contributed by atoms with Crippen molar-refractivity contribution < 1.29 is 43.6 Å². The van der Waals surface area contributed by atoms with Gasteiger partial charge in [-0.1, -0.05) is 52.0 Å². The molecule has 4 heterocycles. The van der Waals surface area contributed by atoms with E-state index in [0.29, 0.717) is 13.1 Å². The molecule has 1 amide bonds. The van der Waals surface area contributed by atoms with Gasteiger partial charge in [-0.05, 0) is 57.1 Å². The van der Waals surface area contributed by atoms with E-state index in [1.807, 2.05) is 45.9 Å². The SMILES string of the molecule is CC[C@H](O)[C@@H](C)[C@H]1O[C@@H]1C[C@H](C)/C=C/C=C(\C)[C@H]1OC(=O)C[C@H](O)CC[C@@](C)(O)[C@@H](OC(=O)N2CC[N+]3(CCCC3)CC2)/C=C/[C@@H]1C. The maximum atomic E-state index is 13.3. The van der Waals surface area contributed by atoms with Crippen LogP contribution in [-0.2, 0) is 19.0 Å². The van der Waals surface area contributed by atoms with E-state index in [1.54, 1.807) is 17.9 Å². The molecule has 3 fully saturated rings. The highest BCUT2D eigenvalue weighted by Crippen LogP contribution is 2.36. The molecule has 1 spiro atoms. The molecule has 4 rings (SSSR count). The number of ether oxygens (including phenoxy) is 3. The molecule has 0 saturated carbocycles. The molecule has 0 unspecified atom stereocenters. The lowest BCUT2D eigenvalue weighted by Crippen LogP contribution is -2.59. The van der Waals surface area contributed by atoms with E-state index in [9.17, 15) is 24.9 Å². The van der Waals surface area contributed by atoms with Crippen LogP contribution in [0.4, 0.5) is 4.79 Å². The third kappa shape index (κ3) is 10.4. The van der Waals surface area contributed by atoms with Crippen LogP contribution in [0.1, 0.15) is 86.5 Å². The molecule has 0 aromatic heterocycles. The molecule has 10 heteroatoms. The van der Waals surface area contributed by atoms with E-state index >= 15 is 0 Å². The third-order valence-corrected chi connectivity index (χ3v) is 11.0. The number of rotatable bonds is 9. The normalized spacial score (nSPS) is 36.2. The summed E-state index contributed by atoms with van der Waals surface area (Å²) in [5.74, 6) is -0.421. The van der Waals surface area contributed by atoms with Gasteiger partial charge in [0.1, 0.15) is 11.7 Å². The van der Waals surface area contributed by atoms with Crippen LogP contribution >= 0.6 is 0 Å². The highest BCUT2D eigenvalue weighted by Gasteiger charge is 2.45. The van der Waals surface area contributed by atoms with Crippen molar-refractivity contribution >= 4 is 12.1 Å². The quantitative estimate of drug-likeness (QED) is 0.108. The van der Waals surface area contributed by atoms with Gasteiger partial charge >= 0.3 is 12.1 Å². The molecular formula is C37H61N2O8+. The summed E-state index contributed by atoms with van der Waals surface area (Å²) in [5.41, 5.74) is -0.608. The van der Waals surface area contributed by atoms with Crippen molar-refractivity contribution in [3.05, 3.63) is 36.0 Å². The average molecular weight is 662 g/mol. The first kappa shape index (κ1) is 37.6. The van der Waals surface area contributed by atoms with Crippen molar-refractivity contribution in [2.75, 3.05) is 39.3 Å². The van der Waals surface area contributed by atoms with E-state index < -0.39 is 36.0 Å². The van der Waals surface area contributed by atoms with Gasteiger partial charge in [0, 0.05) is 24.7 Å². The minimum Gasteiger partial charge on any atom is -0.457 e. The van der Waals surface area contributed by atoms with Gasteiger partial charge in [-0.25, -0.2) is 4.79 Å². The minimum atomic E-state index is -1.44. The standard InChI is InChI=1S/C37H61N2O8/c1-7-30(41)28(5)35-31(45-35)23-25(2)11-10-12-26(3)34-27(4)13-14-32(37(6,44)16-15-29(40)24-33(42)47-34)46-36(43)38-17-21-39(22-18-38)19-8-9-20-39/h10-14,25,27-32,34-35,40-41,44H,7-9,15-24H2,1-6H3/q+1/b11-10+,14-13+,26-12+/t25-,27+,28-,29-,30+,31-,32+,34-,35-,37-/m1/s1. The molecule has 0 aromatic carbocycles. The Hall–Kier alpha value is -2.24. The Morgan fingerprint density at radius 2 is 1.87 bits per heavy atom. The van der Waals surface area contributed by atoms with Crippen LogP contribution in [0.3, 0.4) is 0 Å². The summed E-state index contributed by atoms with van der Waals surface area (Å²) < 4.78 is 18.8. The minimum absolute atomic E-state index is 0.101. The van der Waals surface area contributed by atoms with Gasteiger partial charge in [-0.15, -0.1) is 0 Å². The molecule has 266 valence electrons. The number of allylic oxidation sites excluding steroid dienone is 3. The Morgan fingerprint density at radius 3 is 2.53 bits per heavy atom. The van der Waals surface area contributed by atoms with E-state index in [1.165, 1.54) is 25.9 Å².